The Balaban J connectivity index is 2.00. The molecule has 0 bridgehead atoms. The molecule has 1 atom stereocenters. The number of hydrogen-bond donors (Lipinski definition) is 0. The van der Waals surface area contributed by atoms with Crippen molar-refractivity contribution in [3.63, 3.8) is 0 Å². The predicted octanol–water partition coefficient (Wildman–Crippen LogP) is 2.05. The molecule has 1 radical (unpaired) electrons. The van der Waals surface area contributed by atoms with Crippen LogP contribution < -0.4 is 5.32 Å². The molecule has 0 spiro atoms. The molecule has 1 nitrogen and oxygen atoms in total. The van der Waals surface area contributed by atoms with Crippen molar-refractivity contribution in [3.8, 4) is 0 Å². The van der Waals surface area contributed by atoms with Crippen LogP contribution in [0.15, 0.2) is 0 Å². The highest BCUT2D eigenvalue weighted by atomic mass is 14.9. The van der Waals surface area contributed by atoms with E-state index >= 15 is 0 Å². The van der Waals surface area contributed by atoms with Crippen LogP contribution in [0.25, 0.3) is 0 Å². The molecule has 1 aliphatic carbocycles. The average molecular weight is 140 g/mol. The van der Waals surface area contributed by atoms with Crippen molar-refractivity contribution in [2.24, 2.45) is 11.8 Å². The second kappa shape index (κ2) is 3.38. The molecule has 59 valence electrons. The first-order chi connectivity index (χ1) is 4.70. The van der Waals surface area contributed by atoms with Crippen LogP contribution in [-0.2, 0) is 0 Å². The van der Waals surface area contributed by atoms with E-state index in [1.807, 2.05) is 0 Å². The monoisotopic (exact) mass is 140 g/mol. The zero-order valence-corrected chi connectivity index (χ0v) is 7.30. The van der Waals surface area contributed by atoms with Crippen LogP contribution in [0.4, 0.5) is 0 Å². The van der Waals surface area contributed by atoms with Gasteiger partial charge in [0.25, 0.3) is 0 Å². The standard InChI is InChI=1S/C9H18N/c1-7(2)6-10-8(3)9-4-5-9/h7-9H,4-6H2,1-3H3. The van der Waals surface area contributed by atoms with E-state index in [9.17, 15) is 0 Å². The molecule has 0 aromatic heterocycles. The van der Waals surface area contributed by atoms with Crippen LogP contribution in [0.5, 0.6) is 0 Å². The summed E-state index contributed by atoms with van der Waals surface area (Å²) in [5.74, 6) is 1.68. The normalized spacial score (nSPS) is 21.6. The fourth-order valence-electron chi connectivity index (χ4n) is 1.10. The van der Waals surface area contributed by atoms with Gasteiger partial charge >= 0.3 is 0 Å². The lowest BCUT2D eigenvalue weighted by Gasteiger charge is -2.11. The van der Waals surface area contributed by atoms with Gasteiger partial charge in [0.05, 0.1) is 0 Å². The van der Waals surface area contributed by atoms with E-state index in [0.29, 0.717) is 6.04 Å². The quantitative estimate of drug-likeness (QED) is 0.567. The fourth-order valence-corrected chi connectivity index (χ4v) is 1.10. The Morgan fingerprint density at radius 3 is 2.30 bits per heavy atom. The summed E-state index contributed by atoms with van der Waals surface area (Å²) in [4.78, 5) is 0. The molecule has 0 saturated heterocycles. The third kappa shape index (κ3) is 2.70. The minimum Gasteiger partial charge on any atom is -0.238 e. The van der Waals surface area contributed by atoms with Crippen LogP contribution in [0, 0.1) is 11.8 Å². The van der Waals surface area contributed by atoms with Crippen molar-refractivity contribution in [2.45, 2.75) is 39.7 Å². The van der Waals surface area contributed by atoms with Crippen LogP contribution in [0.1, 0.15) is 33.6 Å². The van der Waals surface area contributed by atoms with E-state index in [1.54, 1.807) is 0 Å². The maximum absolute atomic E-state index is 4.59. The summed E-state index contributed by atoms with van der Waals surface area (Å²) in [5, 5.41) is 4.59. The largest absolute Gasteiger partial charge is 0.238 e. The smallest absolute Gasteiger partial charge is 0.0246 e. The first-order valence-corrected chi connectivity index (χ1v) is 4.36. The molecular weight excluding hydrogens is 122 g/mol. The van der Waals surface area contributed by atoms with Crippen LogP contribution in [-0.4, -0.2) is 12.6 Å². The molecule has 1 heteroatoms. The summed E-state index contributed by atoms with van der Waals surface area (Å²) in [6, 6.07) is 0.641. The molecule has 0 aromatic rings. The van der Waals surface area contributed by atoms with Gasteiger partial charge in [0, 0.05) is 12.6 Å². The van der Waals surface area contributed by atoms with Crippen LogP contribution >= 0.6 is 0 Å². The Morgan fingerprint density at radius 1 is 1.30 bits per heavy atom. The highest BCUT2D eigenvalue weighted by molar-refractivity contribution is 4.82. The van der Waals surface area contributed by atoms with Gasteiger partial charge in [0.15, 0.2) is 0 Å². The van der Waals surface area contributed by atoms with Gasteiger partial charge in [-0.1, -0.05) is 13.8 Å². The topological polar surface area (TPSA) is 14.1 Å². The average Bonchev–Trinajstić information content (AvgIpc) is 2.63. The molecule has 1 unspecified atom stereocenters. The van der Waals surface area contributed by atoms with Gasteiger partial charge in [-0.25, -0.2) is 5.32 Å². The van der Waals surface area contributed by atoms with Gasteiger partial charge in [0.2, 0.25) is 0 Å². The third-order valence-electron chi connectivity index (χ3n) is 2.06. The summed E-state index contributed by atoms with van der Waals surface area (Å²) in [7, 11) is 0. The van der Waals surface area contributed by atoms with Crippen molar-refractivity contribution >= 4 is 0 Å². The second-order valence-corrected chi connectivity index (χ2v) is 3.84. The zero-order valence-electron chi connectivity index (χ0n) is 7.30. The number of rotatable bonds is 4. The highest BCUT2D eigenvalue weighted by Crippen LogP contribution is 2.32. The van der Waals surface area contributed by atoms with Gasteiger partial charge in [-0.2, -0.15) is 0 Å². The Labute approximate surface area is 64.2 Å². The third-order valence-corrected chi connectivity index (χ3v) is 2.06. The molecule has 10 heavy (non-hydrogen) atoms. The summed E-state index contributed by atoms with van der Waals surface area (Å²) in [6.45, 7) is 7.75. The predicted molar refractivity (Wildman–Crippen MR) is 44.0 cm³/mol. The molecular formula is C9H18N. The van der Waals surface area contributed by atoms with Crippen molar-refractivity contribution in [1.29, 1.82) is 0 Å². The zero-order chi connectivity index (χ0) is 7.56. The number of nitrogens with zero attached hydrogens (tertiary/aromatic N) is 1. The van der Waals surface area contributed by atoms with E-state index < -0.39 is 0 Å². The van der Waals surface area contributed by atoms with Gasteiger partial charge < -0.3 is 0 Å². The first-order valence-electron chi connectivity index (χ1n) is 4.36. The van der Waals surface area contributed by atoms with Crippen LogP contribution in [0.3, 0.4) is 0 Å². The SMILES string of the molecule is CC(C)C[N]C(C)C1CC1. The molecule has 0 amide bonds. The minimum absolute atomic E-state index is 0.641. The Hall–Kier alpha value is -0.0400. The molecule has 1 rings (SSSR count). The second-order valence-electron chi connectivity index (χ2n) is 3.84. The van der Waals surface area contributed by atoms with Gasteiger partial charge in [-0.15, -0.1) is 0 Å². The lowest BCUT2D eigenvalue weighted by Crippen LogP contribution is -2.24. The molecule has 0 N–H and O–H groups in total. The molecule has 1 aliphatic rings. The minimum atomic E-state index is 0.641. The summed E-state index contributed by atoms with van der Waals surface area (Å²) < 4.78 is 0. The Morgan fingerprint density at radius 2 is 1.90 bits per heavy atom. The summed E-state index contributed by atoms with van der Waals surface area (Å²) >= 11 is 0. The molecule has 0 aromatic carbocycles. The lowest BCUT2D eigenvalue weighted by atomic mass is 10.2. The molecule has 1 saturated carbocycles. The van der Waals surface area contributed by atoms with Crippen LogP contribution in [0.2, 0.25) is 0 Å². The fraction of sp³-hybridized carbons (Fsp3) is 1.00. The Kier molecular flexibility index (Phi) is 2.72. The van der Waals surface area contributed by atoms with Crippen molar-refractivity contribution in [1.82, 2.24) is 5.32 Å². The van der Waals surface area contributed by atoms with Gasteiger partial charge in [-0.05, 0) is 31.6 Å². The van der Waals surface area contributed by atoms with E-state index in [1.165, 1.54) is 12.8 Å². The molecule has 0 aliphatic heterocycles. The van der Waals surface area contributed by atoms with E-state index in [0.717, 1.165) is 18.4 Å². The van der Waals surface area contributed by atoms with Crippen molar-refractivity contribution in [2.75, 3.05) is 6.54 Å². The van der Waals surface area contributed by atoms with E-state index in [2.05, 4.69) is 26.1 Å². The van der Waals surface area contributed by atoms with Crippen molar-refractivity contribution in [3.05, 3.63) is 0 Å². The summed E-state index contributed by atoms with van der Waals surface area (Å²) in [6.07, 6.45) is 2.84. The van der Waals surface area contributed by atoms with E-state index in [-0.39, 0.29) is 0 Å². The highest BCUT2D eigenvalue weighted by Gasteiger charge is 2.27. The van der Waals surface area contributed by atoms with E-state index in [4.69, 9.17) is 0 Å². The van der Waals surface area contributed by atoms with Gasteiger partial charge in [0.1, 0.15) is 0 Å². The summed E-state index contributed by atoms with van der Waals surface area (Å²) in [5.41, 5.74) is 0. The molecule has 1 fully saturated rings. The maximum Gasteiger partial charge on any atom is 0.0246 e. The lowest BCUT2D eigenvalue weighted by molar-refractivity contribution is 0.442. The van der Waals surface area contributed by atoms with Gasteiger partial charge in [-0.3, -0.25) is 0 Å². The molecule has 0 heterocycles. The maximum atomic E-state index is 4.59. The Bertz CT molecular complexity index is 94.9. The van der Waals surface area contributed by atoms with Crippen molar-refractivity contribution < 1.29 is 0 Å². The first kappa shape index (κ1) is 8.06. The number of hydrogen-bond acceptors (Lipinski definition) is 0.